The number of carbonyl (C=O) groups is 2. The van der Waals surface area contributed by atoms with Crippen molar-refractivity contribution < 1.29 is 19.4 Å². The summed E-state index contributed by atoms with van der Waals surface area (Å²) < 4.78 is 5.28. The molecule has 0 aromatic heterocycles. The lowest BCUT2D eigenvalue weighted by atomic mass is 9.76. The summed E-state index contributed by atoms with van der Waals surface area (Å²) >= 11 is 0. The molecule has 1 saturated heterocycles. The molecule has 5 nitrogen and oxygen atoms in total. The van der Waals surface area contributed by atoms with E-state index in [-0.39, 0.29) is 5.91 Å². The minimum atomic E-state index is -0.973. The van der Waals surface area contributed by atoms with Gasteiger partial charge in [0, 0.05) is 20.3 Å². The fourth-order valence-electron chi connectivity index (χ4n) is 2.20. The molecule has 1 aliphatic heterocycles. The predicted octanol–water partition coefficient (Wildman–Crippen LogP) is 1.12. The van der Waals surface area contributed by atoms with E-state index in [0.717, 1.165) is 6.42 Å². The lowest BCUT2D eigenvalue weighted by Crippen LogP contribution is -2.50. The van der Waals surface area contributed by atoms with Gasteiger partial charge in [0.15, 0.2) is 0 Å². The van der Waals surface area contributed by atoms with Gasteiger partial charge in [-0.25, -0.2) is 4.79 Å². The molecule has 0 bridgehead atoms. The number of carboxylic acids is 1. The van der Waals surface area contributed by atoms with Crippen molar-refractivity contribution in [2.24, 2.45) is 5.41 Å². The minimum Gasteiger partial charge on any atom is -0.480 e. The summed E-state index contributed by atoms with van der Waals surface area (Å²) in [5.41, 5.74) is -0.434. The summed E-state index contributed by atoms with van der Waals surface area (Å²) in [6.45, 7) is 4.66. The number of amides is 1. The molecule has 1 aliphatic rings. The van der Waals surface area contributed by atoms with Crippen LogP contribution in [0.25, 0.3) is 0 Å². The zero-order valence-corrected chi connectivity index (χ0v) is 10.7. The third-order valence-corrected chi connectivity index (χ3v) is 3.84. The molecule has 1 N–H and O–H groups in total. The highest BCUT2D eigenvalue weighted by Crippen LogP contribution is 2.36. The Morgan fingerprint density at radius 3 is 2.35 bits per heavy atom. The smallest absolute Gasteiger partial charge is 0.326 e. The summed E-state index contributed by atoms with van der Waals surface area (Å²) in [6.07, 6.45) is 2.09. The minimum absolute atomic E-state index is 0.0711. The van der Waals surface area contributed by atoms with Crippen LogP contribution >= 0.6 is 0 Å². The predicted molar refractivity (Wildman–Crippen MR) is 62.6 cm³/mol. The fourth-order valence-corrected chi connectivity index (χ4v) is 2.20. The van der Waals surface area contributed by atoms with Crippen LogP contribution in [0.4, 0.5) is 0 Å². The zero-order valence-electron chi connectivity index (χ0n) is 10.7. The molecule has 0 aromatic carbocycles. The first-order valence-corrected chi connectivity index (χ1v) is 6.02. The average Bonchev–Trinajstić information content (AvgIpc) is 2.36. The number of carbonyl (C=O) groups excluding carboxylic acids is 1. The Morgan fingerprint density at radius 2 is 1.94 bits per heavy atom. The Kier molecular flexibility index (Phi) is 4.51. The van der Waals surface area contributed by atoms with E-state index >= 15 is 0 Å². The first-order chi connectivity index (χ1) is 7.94. The maximum atomic E-state index is 12.4. The molecule has 1 unspecified atom stereocenters. The Balaban J connectivity index is 2.81. The Morgan fingerprint density at radius 1 is 1.41 bits per heavy atom. The molecule has 0 aromatic rings. The molecule has 1 amide bonds. The van der Waals surface area contributed by atoms with E-state index in [0.29, 0.717) is 26.1 Å². The number of aliphatic carboxylic acids is 1. The van der Waals surface area contributed by atoms with Gasteiger partial charge in [0.25, 0.3) is 0 Å². The van der Waals surface area contributed by atoms with Gasteiger partial charge in [-0.15, -0.1) is 0 Å². The Labute approximate surface area is 102 Å². The molecule has 98 valence electrons. The molecule has 0 aliphatic carbocycles. The summed E-state index contributed by atoms with van der Waals surface area (Å²) in [5, 5.41) is 8.94. The molecular formula is C12H21NO4. The van der Waals surface area contributed by atoms with Crippen LogP contribution in [-0.2, 0) is 14.3 Å². The van der Waals surface area contributed by atoms with Crippen LogP contribution in [0.3, 0.4) is 0 Å². The van der Waals surface area contributed by atoms with Crippen molar-refractivity contribution in [2.45, 2.75) is 39.2 Å². The number of rotatable bonds is 4. The maximum Gasteiger partial charge on any atom is 0.326 e. The standard InChI is InChI=1S/C12H21NO4/c1-4-12(5-7-17-8-6-12)11(16)13(3)9(2)10(14)15/h9H,4-8H2,1-3H3,(H,14,15). The van der Waals surface area contributed by atoms with Crippen molar-refractivity contribution in [1.82, 2.24) is 4.90 Å². The third-order valence-electron chi connectivity index (χ3n) is 3.84. The second-order valence-corrected chi connectivity index (χ2v) is 4.68. The van der Waals surface area contributed by atoms with E-state index in [2.05, 4.69) is 0 Å². The average molecular weight is 243 g/mol. The van der Waals surface area contributed by atoms with Gasteiger partial charge in [-0.1, -0.05) is 6.92 Å². The second-order valence-electron chi connectivity index (χ2n) is 4.68. The zero-order chi connectivity index (χ0) is 13.1. The number of hydrogen-bond acceptors (Lipinski definition) is 3. The molecular weight excluding hydrogens is 222 g/mol. The largest absolute Gasteiger partial charge is 0.480 e. The van der Waals surface area contributed by atoms with Gasteiger partial charge < -0.3 is 14.7 Å². The molecule has 5 heteroatoms. The first-order valence-electron chi connectivity index (χ1n) is 6.02. The summed E-state index contributed by atoms with van der Waals surface area (Å²) in [4.78, 5) is 24.7. The van der Waals surface area contributed by atoms with Gasteiger partial charge >= 0.3 is 5.97 Å². The van der Waals surface area contributed by atoms with Gasteiger partial charge in [0.05, 0.1) is 5.41 Å². The summed E-state index contributed by atoms with van der Waals surface area (Å²) in [5.74, 6) is -1.04. The lowest BCUT2D eigenvalue weighted by molar-refractivity contribution is -0.156. The van der Waals surface area contributed by atoms with Crippen molar-refractivity contribution in [3.63, 3.8) is 0 Å². The van der Waals surface area contributed by atoms with Crippen molar-refractivity contribution in [1.29, 1.82) is 0 Å². The maximum absolute atomic E-state index is 12.4. The topological polar surface area (TPSA) is 66.8 Å². The van der Waals surface area contributed by atoms with E-state index in [1.165, 1.54) is 11.8 Å². The number of carboxylic acid groups (broad SMARTS) is 1. The molecule has 17 heavy (non-hydrogen) atoms. The highest BCUT2D eigenvalue weighted by molar-refractivity contribution is 5.87. The normalized spacial score (nSPS) is 20.6. The quantitative estimate of drug-likeness (QED) is 0.803. The SMILES string of the molecule is CCC1(C(=O)N(C)C(C)C(=O)O)CCOCC1. The van der Waals surface area contributed by atoms with Crippen LogP contribution in [0.15, 0.2) is 0 Å². The molecule has 1 fully saturated rings. The number of likely N-dealkylation sites (N-methyl/N-ethyl adjacent to an activating group) is 1. The van der Waals surface area contributed by atoms with Gasteiger partial charge in [-0.3, -0.25) is 4.79 Å². The summed E-state index contributed by atoms with van der Waals surface area (Å²) in [7, 11) is 1.56. The van der Waals surface area contributed by atoms with Crippen molar-refractivity contribution in [2.75, 3.05) is 20.3 Å². The van der Waals surface area contributed by atoms with Crippen molar-refractivity contribution in [3.05, 3.63) is 0 Å². The van der Waals surface area contributed by atoms with Gasteiger partial charge in [-0.05, 0) is 26.2 Å². The Hall–Kier alpha value is -1.10. The summed E-state index contributed by atoms with van der Waals surface area (Å²) in [6, 6.07) is -0.784. The number of nitrogens with zero attached hydrogens (tertiary/aromatic N) is 1. The number of hydrogen-bond donors (Lipinski definition) is 1. The third kappa shape index (κ3) is 2.77. The van der Waals surface area contributed by atoms with E-state index < -0.39 is 17.4 Å². The van der Waals surface area contributed by atoms with E-state index in [9.17, 15) is 9.59 Å². The van der Waals surface area contributed by atoms with Gasteiger partial charge in [0.2, 0.25) is 5.91 Å². The molecule has 0 saturated carbocycles. The first kappa shape index (κ1) is 14.0. The second kappa shape index (κ2) is 5.49. The van der Waals surface area contributed by atoms with E-state index in [1.807, 2.05) is 6.92 Å². The van der Waals surface area contributed by atoms with Crippen LogP contribution in [0, 0.1) is 5.41 Å². The van der Waals surface area contributed by atoms with Gasteiger partial charge in [-0.2, -0.15) is 0 Å². The molecule has 0 spiro atoms. The molecule has 1 atom stereocenters. The van der Waals surface area contributed by atoms with Crippen LogP contribution in [-0.4, -0.2) is 48.2 Å². The highest BCUT2D eigenvalue weighted by Gasteiger charge is 2.41. The van der Waals surface area contributed by atoms with Crippen molar-refractivity contribution in [3.8, 4) is 0 Å². The Bertz CT molecular complexity index is 297. The van der Waals surface area contributed by atoms with Crippen LogP contribution < -0.4 is 0 Å². The molecule has 0 radical (unpaired) electrons. The van der Waals surface area contributed by atoms with Crippen molar-refractivity contribution >= 4 is 11.9 Å². The monoisotopic (exact) mass is 243 g/mol. The lowest BCUT2D eigenvalue weighted by Gasteiger charge is -2.39. The van der Waals surface area contributed by atoms with Gasteiger partial charge in [0.1, 0.15) is 6.04 Å². The van der Waals surface area contributed by atoms with Crippen LogP contribution in [0.1, 0.15) is 33.1 Å². The van der Waals surface area contributed by atoms with E-state index in [4.69, 9.17) is 9.84 Å². The molecule has 1 heterocycles. The van der Waals surface area contributed by atoms with Crippen LogP contribution in [0.2, 0.25) is 0 Å². The number of ether oxygens (including phenoxy) is 1. The van der Waals surface area contributed by atoms with Crippen LogP contribution in [0.5, 0.6) is 0 Å². The molecule has 1 rings (SSSR count). The van der Waals surface area contributed by atoms with E-state index in [1.54, 1.807) is 7.05 Å². The fraction of sp³-hybridized carbons (Fsp3) is 0.833. The highest BCUT2D eigenvalue weighted by atomic mass is 16.5.